The lowest BCUT2D eigenvalue weighted by atomic mass is 10.2. The summed E-state index contributed by atoms with van der Waals surface area (Å²) in [5.41, 5.74) is 0. The van der Waals surface area contributed by atoms with Crippen molar-refractivity contribution < 1.29 is 4.79 Å². The number of carbonyl (C=O) groups excluding carboxylic acids is 1. The fourth-order valence-corrected chi connectivity index (χ4v) is 2.13. The zero-order valence-corrected chi connectivity index (χ0v) is 11.0. The molecule has 1 aliphatic heterocycles. The van der Waals surface area contributed by atoms with Gasteiger partial charge in [0.2, 0.25) is 5.91 Å². The number of nitrogens with one attached hydrogen (secondary N) is 1. The van der Waals surface area contributed by atoms with Gasteiger partial charge in [0, 0.05) is 13.1 Å². The summed E-state index contributed by atoms with van der Waals surface area (Å²) in [4.78, 5) is 16.2. The van der Waals surface area contributed by atoms with E-state index < -0.39 is 0 Å². The van der Waals surface area contributed by atoms with Gasteiger partial charge < -0.3 is 9.80 Å². The molecule has 1 heterocycles. The van der Waals surface area contributed by atoms with Crippen LogP contribution in [0.2, 0.25) is 0 Å². The molecule has 0 aromatic heterocycles. The van der Waals surface area contributed by atoms with Crippen LogP contribution in [0.3, 0.4) is 0 Å². The van der Waals surface area contributed by atoms with Crippen LogP contribution in [-0.4, -0.2) is 55.1 Å². The lowest BCUT2D eigenvalue weighted by Gasteiger charge is -2.25. The molecule has 4 nitrogen and oxygen atoms in total. The van der Waals surface area contributed by atoms with Gasteiger partial charge in [-0.25, -0.2) is 0 Å². The third-order valence-electron chi connectivity index (χ3n) is 3.11. The van der Waals surface area contributed by atoms with Crippen LogP contribution < -0.4 is 5.32 Å². The maximum absolute atomic E-state index is 12.1. The van der Waals surface area contributed by atoms with Crippen molar-refractivity contribution >= 4 is 5.91 Å². The molecule has 94 valence electrons. The van der Waals surface area contributed by atoms with E-state index in [9.17, 15) is 4.79 Å². The summed E-state index contributed by atoms with van der Waals surface area (Å²) in [7, 11) is 4.08. The lowest BCUT2D eigenvalue weighted by molar-refractivity contribution is -0.130. The predicted octanol–water partition coefficient (Wildman–Crippen LogP) is 0.885. The molecule has 2 unspecified atom stereocenters. The number of hydrogen-bond acceptors (Lipinski definition) is 3. The van der Waals surface area contributed by atoms with Gasteiger partial charge in [-0.2, -0.15) is 0 Å². The Morgan fingerprint density at radius 1 is 1.38 bits per heavy atom. The van der Waals surface area contributed by atoms with Crippen LogP contribution in [0.5, 0.6) is 0 Å². The smallest absolute Gasteiger partial charge is 0.241 e. The van der Waals surface area contributed by atoms with Gasteiger partial charge in [0.05, 0.1) is 12.2 Å². The van der Waals surface area contributed by atoms with Crippen molar-refractivity contribution in [2.24, 2.45) is 0 Å². The van der Waals surface area contributed by atoms with Crippen LogP contribution >= 0.6 is 0 Å². The van der Waals surface area contributed by atoms with E-state index in [0.29, 0.717) is 0 Å². The van der Waals surface area contributed by atoms with Gasteiger partial charge in [-0.05, 0) is 26.9 Å². The number of carbonyl (C=O) groups is 1. The molecule has 0 aromatic carbocycles. The Labute approximate surface area is 99.0 Å². The molecule has 1 amide bonds. The Balaban J connectivity index is 2.57. The van der Waals surface area contributed by atoms with Crippen LogP contribution in [0.4, 0.5) is 0 Å². The third kappa shape index (κ3) is 3.19. The number of likely N-dealkylation sites (N-methyl/N-ethyl adjacent to an activating group) is 1. The van der Waals surface area contributed by atoms with Crippen LogP contribution in [0.1, 0.15) is 33.1 Å². The van der Waals surface area contributed by atoms with Crippen molar-refractivity contribution in [3.63, 3.8) is 0 Å². The fraction of sp³-hybridized carbons (Fsp3) is 0.917. The Hall–Kier alpha value is -0.610. The molecule has 4 heteroatoms. The normalized spacial score (nSPS) is 25.8. The van der Waals surface area contributed by atoms with Gasteiger partial charge in [-0.1, -0.05) is 20.3 Å². The molecule has 2 atom stereocenters. The second-order valence-corrected chi connectivity index (χ2v) is 4.77. The Bertz CT molecular complexity index is 230. The highest BCUT2D eigenvalue weighted by atomic mass is 16.2. The Morgan fingerprint density at radius 3 is 2.56 bits per heavy atom. The average molecular weight is 227 g/mol. The molecule has 1 rings (SSSR count). The number of hydrogen-bond donors (Lipinski definition) is 1. The second kappa shape index (κ2) is 6.21. The van der Waals surface area contributed by atoms with E-state index >= 15 is 0 Å². The number of rotatable bonds is 6. The molecule has 1 N–H and O–H groups in total. The van der Waals surface area contributed by atoms with Gasteiger partial charge in [0.15, 0.2) is 0 Å². The van der Waals surface area contributed by atoms with Crippen molar-refractivity contribution in [2.75, 3.05) is 27.2 Å². The van der Waals surface area contributed by atoms with E-state index in [4.69, 9.17) is 0 Å². The van der Waals surface area contributed by atoms with Crippen molar-refractivity contribution in [3.8, 4) is 0 Å². The Kier molecular flexibility index (Phi) is 5.22. The third-order valence-corrected chi connectivity index (χ3v) is 3.11. The van der Waals surface area contributed by atoms with Gasteiger partial charge in [-0.15, -0.1) is 0 Å². The van der Waals surface area contributed by atoms with E-state index in [0.717, 1.165) is 32.4 Å². The monoisotopic (exact) mass is 227 g/mol. The molecular formula is C12H25N3O. The summed E-state index contributed by atoms with van der Waals surface area (Å²) < 4.78 is 0. The standard InChI is InChI=1S/C12H25N3O/c1-5-7-11-13-10(6-2)12(16)15(11)9-8-14(3)4/h10-11,13H,5-9H2,1-4H3. The SMILES string of the molecule is CCCC1NC(CC)C(=O)N1CCN(C)C. The molecule has 1 aliphatic rings. The molecule has 0 aromatic rings. The summed E-state index contributed by atoms with van der Waals surface area (Å²) in [6, 6.07) is 0.0405. The molecule has 0 bridgehead atoms. The average Bonchev–Trinajstić information content (AvgIpc) is 2.53. The van der Waals surface area contributed by atoms with Crippen molar-refractivity contribution in [1.82, 2.24) is 15.1 Å². The summed E-state index contributed by atoms with van der Waals surface area (Å²) in [6.07, 6.45) is 3.30. The van der Waals surface area contributed by atoms with Crippen LogP contribution in [-0.2, 0) is 4.79 Å². The lowest BCUT2D eigenvalue weighted by Crippen LogP contribution is -2.41. The zero-order chi connectivity index (χ0) is 12.1. The van der Waals surface area contributed by atoms with Gasteiger partial charge in [0.1, 0.15) is 0 Å². The molecule has 0 saturated carbocycles. The van der Waals surface area contributed by atoms with Crippen LogP contribution in [0, 0.1) is 0 Å². The predicted molar refractivity (Wildman–Crippen MR) is 66.2 cm³/mol. The fourth-order valence-electron chi connectivity index (χ4n) is 2.13. The Morgan fingerprint density at radius 2 is 2.06 bits per heavy atom. The summed E-state index contributed by atoms with van der Waals surface area (Å²) in [6.45, 7) is 5.99. The second-order valence-electron chi connectivity index (χ2n) is 4.77. The molecule has 0 radical (unpaired) electrons. The van der Waals surface area contributed by atoms with E-state index in [1.165, 1.54) is 0 Å². The minimum atomic E-state index is 0.0405. The minimum absolute atomic E-state index is 0.0405. The van der Waals surface area contributed by atoms with Crippen LogP contribution in [0.25, 0.3) is 0 Å². The van der Waals surface area contributed by atoms with Gasteiger partial charge in [-0.3, -0.25) is 10.1 Å². The summed E-state index contributed by atoms with van der Waals surface area (Å²) in [5, 5.41) is 3.42. The number of nitrogens with zero attached hydrogens (tertiary/aromatic N) is 2. The highest BCUT2D eigenvalue weighted by Crippen LogP contribution is 2.16. The quantitative estimate of drug-likeness (QED) is 0.732. The molecule has 0 aliphatic carbocycles. The largest absolute Gasteiger partial charge is 0.325 e. The summed E-state index contributed by atoms with van der Waals surface area (Å²) >= 11 is 0. The maximum Gasteiger partial charge on any atom is 0.241 e. The van der Waals surface area contributed by atoms with E-state index in [1.54, 1.807) is 0 Å². The first-order valence-electron chi connectivity index (χ1n) is 6.31. The highest BCUT2D eigenvalue weighted by molar-refractivity contribution is 5.84. The number of amides is 1. The van der Waals surface area contributed by atoms with E-state index in [-0.39, 0.29) is 18.1 Å². The van der Waals surface area contributed by atoms with Crippen molar-refractivity contribution in [1.29, 1.82) is 0 Å². The summed E-state index contributed by atoms with van der Waals surface area (Å²) in [5.74, 6) is 0.280. The molecule has 1 saturated heterocycles. The molecule has 1 fully saturated rings. The van der Waals surface area contributed by atoms with E-state index in [1.807, 2.05) is 19.0 Å². The van der Waals surface area contributed by atoms with Gasteiger partial charge >= 0.3 is 0 Å². The molecular weight excluding hydrogens is 202 g/mol. The first-order valence-corrected chi connectivity index (χ1v) is 6.31. The minimum Gasteiger partial charge on any atom is -0.325 e. The highest BCUT2D eigenvalue weighted by Gasteiger charge is 2.36. The topological polar surface area (TPSA) is 35.6 Å². The van der Waals surface area contributed by atoms with E-state index in [2.05, 4.69) is 24.1 Å². The van der Waals surface area contributed by atoms with Crippen molar-refractivity contribution in [2.45, 2.75) is 45.3 Å². The first kappa shape index (κ1) is 13.5. The first-order chi connectivity index (χ1) is 7.60. The van der Waals surface area contributed by atoms with Crippen LogP contribution in [0.15, 0.2) is 0 Å². The molecule has 16 heavy (non-hydrogen) atoms. The van der Waals surface area contributed by atoms with Crippen molar-refractivity contribution in [3.05, 3.63) is 0 Å². The maximum atomic E-state index is 12.1. The zero-order valence-electron chi connectivity index (χ0n) is 11.0. The van der Waals surface area contributed by atoms with Gasteiger partial charge in [0.25, 0.3) is 0 Å². The molecule has 0 spiro atoms.